The Balaban J connectivity index is 2.02. The van der Waals surface area contributed by atoms with Crippen LogP contribution >= 0.6 is 0 Å². The zero-order chi connectivity index (χ0) is 13.7. The Hall–Kier alpha value is -1.90. The van der Waals surface area contributed by atoms with Crippen molar-refractivity contribution in [3.05, 3.63) is 53.3 Å². The van der Waals surface area contributed by atoms with E-state index < -0.39 is 0 Å². The lowest BCUT2D eigenvalue weighted by molar-refractivity contribution is 0.0982. The lowest BCUT2D eigenvalue weighted by Gasteiger charge is -2.04. The number of carbonyl (C=O) groups excluding carboxylic acids is 1. The van der Waals surface area contributed by atoms with E-state index in [4.69, 9.17) is 0 Å². The number of hydrogen-bond acceptors (Lipinski definition) is 2. The van der Waals surface area contributed by atoms with Gasteiger partial charge in [0.25, 0.3) is 0 Å². The van der Waals surface area contributed by atoms with E-state index in [9.17, 15) is 4.79 Å². The zero-order valence-corrected chi connectivity index (χ0v) is 11.6. The van der Waals surface area contributed by atoms with Gasteiger partial charge in [-0.15, -0.1) is 0 Å². The summed E-state index contributed by atoms with van der Waals surface area (Å²) in [6.45, 7) is 5.03. The first kappa shape index (κ1) is 13.5. The molecular weight excluding hydrogens is 236 g/mol. The van der Waals surface area contributed by atoms with Gasteiger partial charge in [0.05, 0.1) is 5.69 Å². The number of Topliss-reactive ketones (excluding diaryl/α,β-unsaturated/α-hetero) is 1. The molecule has 0 saturated heterocycles. The standard InChI is InChI=1S/C16H20N2O/c1-3-14-12-15(18(4-2)17-14)10-11-16(19)13-8-6-5-7-9-13/h5-9,12H,3-4,10-11H2,1-2H3. The number of rotatable bonds is 6. The smallest absolute Gasteiger partial charge is 0.163 e. The Kier molecular flexibility index (Phi) is 4.50. The molecule has 1 aromatic heterocycles. The molecule has 0 amide bonds. The number of benzene rings is 1. The van der Waals surface area contributed by atoms with E-state index in [0.29, 0.717) is 6.42 Å². The quantitative estimate of drug-likeness (QED) is 0.743. The summed E-state index contributed by atoms with van der Waals surface area (Å²) in [6, 6.07) is 11.6. The summed E-state index contributed by atoms with van der Waals surface area (Å²) in [4.78, 5) is 12.1. The normalized spacial score (nSPS) is 10.6. The molecule has 1 aromatic carbocycles. The van der Waals surface area contributed by atoms with Crippen molar-refractivity contribution in [2.24, 2.45) is 0 Å². The maximum atomic E-state index is 12.1. The van der Waals surface area contributed by atoms with Crippen LogP contribution in [0.1, 0.15) is 42.0 Å². The van der Waals surface area contributed by atoms with Crippen LogP contribution < -0.4 is 0 Å². The number of carbonyl (C=O) groups is 1. The Labute approximate surface area is 114 Å². The van der Waals surface area contributed by atoms with Gasteiger partial charge in [-0.25, -0.2) is 0 Å². The fourth-order valence-corrected chi connectivity index (χ4v) is 2.17. The zero-order valence-electron chi connectivity index (χ0n) is 11.6. The molecule has 0 fully saturated rings. The molecule has 0 aliphatic rings. The van der Waals surface area contributed by atoms with Crippen LogP contribution in [0.25, 0.3) is 0 Å². The fourth-order valence-electron chi connectivity index (χ4n) is 2.17. The van der Waals surface area contributed by atoms with Gasteiger partial charge < -0.3 is 0 Å². The van der Waals surface area contributed by atoms with Gasteiger partial charge >= 0.3 is 0 Å². The number of aromatic nitrogens is 2. The van der Waals surface area contributed by atoms with E-state index in [2.05, 4.69) is 25.0 Å². The number of ketones is 1. The SMILES string of the molecule is CCc1cc(CCC(=O)c2ccccc2)n(CC)n1. The number of aryl methyl sites for hydroxylation is 3. The molecule has 0 aliphatic carbocycles. The highest BCUT2D eigenvalue weighted by molar-refractivity contribution is 5.96. The largest absolute Gasteiger partial charge is 0.294 e. The van der Waals surface area contributed by atoms with E-state index in [-0.39, 0.29) is 5.78 Å². The highest BCUT2D eigenvalue weighted by Gasteiger charge is 2.09. The summed E-state index contributed by atoms with van der Waals surface area (Å²) in [5.41, 5.74) is 3.05. The molecule has 2 aromatic rings. The van der Waals surface area contributed by atoms with Crippen LogP contribution in [0.2, 0.25) is 0 Å². The van der Waals surface area contributed by atoms with Crippen LogP contribution in [-0.4, -0.2) is 15.6 Å². The van der Waals surface area contributed by atoms with Crippen molar-refractivity contribution in [2.75, 3.05) is 0 Å². The predicted molar refractivity (Wildman–Crippen MR) is 76.4 cm³/mol. The second-order valence-corrected chi connectivity index (χ2v) is 4.59. The van der Waals surface area contributed by atoms with E-state index >= 15 is 0 Å². The second-order valence-electron chi connectivity index (χ2n) is 4.59. The fraction of sp³-hybridized carbons (Fsp3) is 0.375. The van der Waals surface area contributed by atoms with Crippen molar-refractivity contribution in [1.82, 2.24) is 9.78 Å². The van der Waals surface area contributed by atoms with Crippen molar-refractivity contribution >= 4 is 5.78 Å². The summed E-state index contributed by atoms with van der Waals surface area (Å²) >= 11 is 0. The highest BCUT2D eigenvalue weighted by atomic mass is 16.1. The summed E-state index contributed by atoms with van der Waals surface area (Å²) < 4.78 is 2.00. The lowest BCUT2D eigenvalue weighted by Crippen LogP contribution is -2.06. The molecule has 0 radical (unpaired) electrons. The van der Waals surface area contributed by atoms with E-state index in [1.54, 1.807) is 0 Å². The first-order valence-corrected chi connectivity index (χ1v) is 6.88. The third-order valence-electron chi connectivity index (χ3n) is 3.28. The monoisotopic (exact) mass is 256 g/mol. The van der Waals surface area contributed by atoms with Crippen molar-refractivity contribution in [3.63, 3.8) is 0 Å². The van der Waals surface area contributed by atoms with Crippen LogP contribution in [0.5, 0.6) is 0 Å². The van der Waals surface area contributed by atoms with Gasteiger partial charge in [-0.1, -0.05) is 37.3 Å². The van der Waals surface area contributed by atoms with Crippen molar-refractivity contribution in [2.45, 2.75) is 39.7 Å². The molecule has 0 atom stereocenters. The third-order valence-corrected chi connectivity index (χ3v) is 3.28. The van der Waals surface area contributed by atoms with Crippen LogP contribution in [0.4, 0.5) is 0 Å². The van der Waals surface area contributed by atoms with Gasteiger partial charge in [-0.05, 0) is 25.8 Å². The molecule has 19 heavy (non-hydrogen) atoms. The summed E-state index contributed by atoms with van der Waals surface area (Å²) in [5, 5.41) is 4.50. The van der Waals surface area contributed by atoms with Crippen LogP contribution in [0, 0.1) is 0 Å². The van der Waals surface area contributed by atoms with Crippen LogP contribution in [0.3, 0.4) is 0 Å². The molecule has 1 heterocycles. The molecule has 0 bridgehead atoms. The van der Waals surface area contributed by atoms with Crippen molar-refractivity contribution in [1.29, 1.82) is 0 Å². The van der Waals surface area contributed by atoms with E-state index in [1.165, 1.54) is 0 Å². The first-order chi connectivity index (χ1) is 9.24. The Morgan fingerprint density at radius 2 is 1.95 bits per heavy atom. The molecule has 3 nitrogen and oxygen atoms in total. The number of hydrogen-bond donors (Lipinski definition) is 0. The Morgan fingerprint density at radius 3 is 2.58 bits per heavy atom. The highest BCUT2D eigenvalue weighted by Crippen LogP contribution is 2.11. The molecule has 2 rings (SSSR count). The molecule has 0 saturated carbocycles. The molecule has 0 N–H and O–H groups in total. The van der Waals surface area contributed by atoms with Gasteiger partial charge in [0.1, 0.15) is 0 Å². The lowest BCUT2D eigenvalue weighted by atomic mass is 10.1. The summed E-state index contributed by atoms with van der Waals surface area (Å²) in [5.74, 6) is 0.197. The second kappa shape index (κ2) is 6.32. The third kappa shape index (κ3) is 3.31. The Bertz CT molecular complexity index is 543. The number of nitrogens with zero attached hydrogens (tertiary/aromatic N) is 2. The average Bonchev–Trinajstić information content (AvgIpc) is 2.88. The summed E-state index contributed by atoms with van der Waals surface area (Å²) in [6.07, 6.45) is 2.24. The van der Waals surface area contributed by atoms with Crippen molar-refractivity contribution in [3.8, 4) is 0 Å². The maximum absolute atomic E-state index is 12.1. The summed E-state index contributed by atoms with van der Waals surface area (Å²) in [7, 11) is 0. The average molecular weight is 256 g/mol. The van der Waals surface area contributed by atoms with Gasteiger partial charge in [0, 0.05) is 24.2 Å². The molecule has 0 spiro atoms. The van der Waals surface area contributed by atoms with Gasteiger partial charge in [-0.2, -0.15) is 5.10 Å². The van der Waals surface area contributed by atoms with Crippen molar-refractivity contribution < 1.29 is 4.79 Å². The van der Waals surface area contributed by atoms with Gasteiger partial charge in [-0.3, -0.25) is 9.48 Å². The molecule has 0 aliphatic heterocycles. The molecular formula is C16H20N2O. The first-order valence-electron chi connectivity index (χ1n) is 6.88. The minimum absolute atomic E-state index is 0.197. The molecule has 3 heteroatoms. The van der Waals surface area contributed by atoms with Gasteiger partial charge in [0.2, 0.25) is 0 Å². The van der Waals surface area contributed by atoms with Crippen LogP contribution in [-0.2, 0) is 19.4 Å². The Morgan fingerprint density at radius 1 is 1.21 bits per heavy atom. The van der Waals surface area contributed by atoms with Crippen LogP contribution in [0.15, 0.2) is 36.4 Å². The predicted octanol–water partition coefficient (Wildman–Crippen LogP) is 3.28. The molecule has 0 unspecified atom stereocenters. The minimum atomic E-state index is 0.197. The molecule has 100 valence electrons. The van der Waals surface area contributed by atoms with E-state index in [0.717, 1.165) is 36.3 Å². The maximum Gasteiger partial charge on any atom is 0.163 e. The van der Waals surface area contributed by atoms with E-state index in [1.807, 2.05) is 35.0 Å². The van der Waals surface area contributed by atoms with Gasteiger partial charge in [0.15, 0.2) is 5.78 Å². The topological polar surface area (TPSA) is 34.9 Å². The minimum Gasteiger partial charge on any atom is -0.294 e.